The molecule has 0 radical (unpaired) electrons. The fraction of sp³-hybridized carbons (Fsp3) is 0.440. The third kappa shape index (κ3) is 8.20. The van der Waals surface area contributed by atoms with E-state index in [2.05, 4.69) is 5.32 Å². The number of thioether (sulfide) groups is 1. The Kier molecular flexibility index (Phi) is 10.4. The molecule has 1 N–H and O–H groups in total. The average Bonchev–Trinajstić information content (AvgIpc) is 2.79. The van der Waals surface area contributed by atoms with E-state index < -0.39 is 11.0 Å². The molecule has 0 fully saturated rings. The van der Waals surface area contributed by atoms with E-state index in [1.807, 2.05) is 52.0 Å². The number of nitro groups is 1. The molecule has 0 aliphatic rings. The van der Waals surface area contributed by atoms with Gasteiger partial charge >= 0.3 is 0 Å². The van der Waals surface area contributed by atoms with Crippen LogP contribution in [-0.4, -0.2) is 39.5 Å². The van der Waals surface area contributed by atoms with E-state index in [9.17, 15) is 19.7 Å². The van der Waals surface area contributed by atoms with Crippen molar-refractivity contribution in [3.8, 4) is 0 Å². The van der Waals surface area contributed by atoms with Crippen molar-refractivity contribution in [2.45, 2.75) is 64.9 Å². The predicted molar refractivity (Wildman–Crippen MR) is 133 cm³/mol. The lowest BCUT2D eigenvalue weighted by Gasteiger charge is -2.31. The van der Waals surface area contributed by atoms with Gasteiger partial charge in [-0.1, -0.05) is 55.8 Å². The average molecular weight is 472 g/mol. The standard InChI is InChI=1S/C25H33N3O4S/c1-5-19(4)26-25(30)23(6-2)27(15-21-9-7-8-18(3)14-21)24(29)17-33-16-20-10-12-22(13-11-20)28(31)32/h7-14,19,23H,5-6,15-17H2,1-4H3,(H,26,30). The van der Waals surface area contributed by atoms with E-state index in [4.69, 9.17) is 0 Å². The van der Waals surface area contributed by atoms with Crippen LogP contribution >= 0.6 is 11.8 Å². The van der Waals surface area contributed by atoms with Crippen LogP contribution in [0.1, 0.15) is 50.3 Å². The number of non-ortho nitro benzene ring substituents is 1. The van der Waals surface area contributed by atoms with E-state index >= 15 is 0 Å². The number of benzene rings is 2. The molecule has 33 heavy (non-hydrogen) atoms. The Balaban J connectivity index is 2.12. The summed E-state index contributed by atoms with van der Waals surface area (Å²) in [6.07, 6.45) is 1.34. The van der Waals surface area contributed by atoms with Crippen molar-refractivity contribution in [2.24, 2.45) is 0 Å². The zero-order chi connectivity index (χ0) is 24.4. The lowest BCUT2D eigenvalue weighted by molar-refractivity contribution is -0.384. The molecule has 2 aromatic carbocycles. The van der Waals surface area contributed by atoms with E-state index in [-0.39, 0.29) is 29.3 Å². The number of rotatable bonds is 12. The summed E-state index contributed by atoms with van der Waals surface area (Å²) in [5.41, 5.74) is 3.04. The lowest BCUT2D eigenvalue weighted by atomic mass is 10.1. The van der Waals surface area contributed by atoms with Crippen molar-refractivity contribution in [1.29, 1.82) is 0 Å². The maximum Gasteiger partial charge on any atom is 0.269 e. The van der Waals surface area contributed by atoms with Gasteiger partial charge in [0, 0.05) is 30.5 Å². The van der Waals surface area contributed by atoms with Crippen LogP contribution in [0.2, 0.25) is 0 Å². The first kappa shape index (κ1) is 26.4. The third-order valence-corrected chi connectivity index (χ3v) is 6.45. The summed E-state index contributed by atoms with van der Waals surface area (Å²) in [5.74, 6) is 0.538. The Morgan fingerprint density at radius 3 is 2.36 bits per heavy atom. The molecule has 2 amide bonds. The molecule has 0 bridgehead atoms. The lowest BCUT2D eigenvalue weighted by Crippen LogP contribution is -2.51. The van der Waals surface area contributed by atoms with Crippen LogP contribution in [0.3, 0.4) is 0 Å². The van der Waals surface area contributed by atoms with Gasteiger partial charge in [-0.25, -0.2) is 0 Å². The highest BCUT2D eigenvalue weighted by Crippen LogP contribution is 2.19. The van der Waals surface area contributed by atoms with Gasteiger partial charge in [0.05, 0.1) is 10.7 Å². The smallest absolute Gasteiger partial charge is 0.269 e. The molecule has 2 rings (SSSR count). The Morgan fingerprint density at radius 1 is 1.09 bits per heavy atom. The number of carbonyl (C=O) groups excluding carboxylic acids is 2. The third-order valence-electron chi connectivity index (χ3n) is 5.46. The number of nitrogens with zero attached hydrogens (tertiary/aromatic N) is 2. The zero-order valence-corrected chi connectivity index (χ0v) is 20.6. The summed E-state index contributed by atoms with van der Waals surface area (Å²) in [6, 6.07) is 13.8. The summed E-state index contributed by atoms with van der Waals surface area (Å²) in [6.45, 7) is 8.25. The fourth-order valence-corrected chi connectivity index (χ4v) is 4.29. The topological polar surface area (TPSA) is 92.6 Å². The van der Waals surface area contributed by atoms with E-state index in [1.165, 1.54) is 23.9 Å². The Bertz CT molecular complexity index is 949. The van der Waals surface area contributed by atoms with Gasteiger partial charge in [-0.05, 0) is 37.8 Å². The Labute approximate surface area is 200 Å². The highest BCUT2D eigenvalue weighted by Gasteiger charge is 2.29. The molecular formula is C25H33N3O4S. The van der Waals surface area contributed by atoms with Gasteiger partial charge in [-0.15, -0.1) is 11.8 Å². The molecule has 0 saturated carbocycles. The number of hydrogen-bond donors (Lipinski definition) is 1. The van der Waals surface area contributed by atoms with Crippen molar-refractivity contribution in [2.75, 3.05) is 5.75 Å². The Hall–Kier alpha value is -2.87. The minimum Gasteiger partial charge on any atom is -0.352 e. The molecule has 0 aliphatic heterocycles. The summed E-state index contributed by atoms with van der Waals surface area (Å²) in [5, 5.41) is 13.8. The Morgan fingerprint density at radius 2 is 1.79 bits per heavy atom. The summed E-state index contributed by atoms with van der Waals surface area (Å²) < 4.78 is 0. The van der Waals surface area contributed by atoms with Crippen molar-refractivity contribution < 1.29 is 14.5 Å². The van der Waals surface area contributed by atoms with Crippen molar-refractivity contribution >= 4 is 29.3 Å². The molecule has 2 aromatic rings. The monoisotopic (exact) mass is 471 g/mol. The van der Waals surface area contributed by atoms with Gasteiger partial charge in [0.15, 0.2) is 0 Å². The molecular weight excluding hydrogens is 438 g/mol. The van der Waals surface area contributed by atoms with Gasteiger partial charge in [-0.3, -0.25) is 19.7 Å². The SMILES string of the molecule is CCC(C)NC(=O)C(CC)N(Cc1cccc(C)c1)C(=O)CSCc1ccc([N+](=O)[O-])cc1. The second-order valence-corrected chi connectivity index (χ2v) is 9.15. The van der Waals surface area contributed by atoms with Gasteiger partial charge < -0.3 is 10.2 Å². The molecule has 0 saturated heterocycles. The number of carbonyl (C=O) groups is 2. The van der Waals surface area contributed by atoms with Gasteiger partial charge in [-0.2, -0.15) is 0 Å². The molecule has 2 atom stereocenters. The van der Waals surface area contributed by atoms with Crippen molar-refractivity contribution in [3.05, 3.63) is 75.3 Å². The molecule has 178 valence electrons. The second-order valence-electron chi connectivity index (χ2n) is 8.17. The molecule has 8 heteroatoms. The van der Waals surface area contributed by atoms with Crippen LogP contribution in [-0.2, 0) is 21.9 Å². The second kappa shape index (κ2) is 13.0. The number of hydrogen-bond acceptors (Lipinski definition) is 5. The number of nitro benzene ring substituents is 1. The number of nitrogens with one attached hydrogen (secondary N) is 1. The predicted octanol–water partition coefficient (Wildman–Crippen LogP) is 4.86. The maximum atomic E-state index is 13.3. The first-order valence-electron chi connectivity index (χ1n) is 11.2. The summed E-state index contributed by atoms with van der Waals surface area (Å²) in [7, 11) is 0. The van der Waals surface area contributed by atoms with Crippen LogP contribution in [0.15, 0.2) is 48.5 Å². The van der Waals surface area contributed by atoms with Crippen LogP contribution < -0.4 is 5.32 Å². The largest absolute Gasteiger partial charge is 0.352 e. The first-order valence-corrected chi connectivity index (χ1v) is 12.4. The highest BCUT2D eigenvalue weighted by molar-refractivity contribution is 7.99. The maximum absolute atomic E-state index is 13.3. The quantitative estimate of drug-likeness (QED) is 0.353. The first-order chi connectivity index (χ1) is 15.7. The van der Waals surface area contributed by atoms with Gasteiger partial charge in [0.1, 0.15) is 6.04 Å². The normalized spacial score (nSPS) is 12.6. The van der Waals surface area contributed by atoms with Crippen LogP contribution in [0.4, 0.5) is 5.69 Å². The van der Waals surface area contributed by atoms with Crippen LogP contribution in [0.25, 0.3) is 0 Å². The van der Waals surface area contributed by atoms with Gasteiger partial charge in [0.25, 0.3) is 5.69 Å². The molecule has 0 aliphatic carbocycles. The minimum atomic E-state index is -0.549. The summed E-state index contributed by atoms with van der Waals surface area (Å²) >= 11 is 1.44. The molecule has 2 unspecified atom stereocenters. The van der Waals surface area contributed by atoms with Gasteiger partial charge in [0.2, 0.25) is 11.8 Å². The molecule has 7 nitrogen and oxygen atoms in total. The number of aryl methyl sites for hydroxylation is 1. The molecule has 0 spiro atoms. The molecule has 0 heterocycles. The van der Waals surface area contributed by atoms with Crippen LogP contribution in [0.5, 0.6) is 0 Å². The zero-order valence-electron chi connectivity index (χ0n) is 19.7. The van der Waals surface area contributed by atoms with Crippen molar-refractivity contribution in [1.82, 2.24) is 10.2 Å². The van der Waals surface area contributed by atoms with Crippen LogP contribution in [0, 0.1) is 17.0 Å². The van der Waals surface area contributed by atoms with Crippen molar-refractivity contribution in [3.63, 3.8) is 0 Å². The fourth-order valence-electron chi connectivity index (χ4n) is 3.42. The minimum absolute atomic E-state index is 0.0407. The number of amides is 2. The highest BCUT2D eigenvalue weighted by atomic mass is 32.2. The van der Waals surface area contributed by atoms with E-state index in [0.717, 1.165) is 23.1 Å². The molecule has 0 aromatic heterocycles. The van der Waals surface area contributed by atoms with E-state index in [0.29, 0.717) is 18.7 Å². The summed E-state index contributed by atoms with van der Waals surface area (Å²) in [4.78, 5) is 38.3. The van der Waals surface area contributed by atoms with E-state index in [1.54, 1.807) is 17.0 Å².